The van der Waals surface area contributed by atoms with Crippen LogP contribution in [0.5, 0.6) is 5.75 Å². The maximum Gasteiger partial charge on any atom is 0.266 e. The lowest BCUT2D eigenvalue weighted by molar-refractivity contribution is -0.123. The quantitative estimate of drug-likeness (QED) is 0.746. The second-order valence-electron chi connectivity index (χ2n) is 6.04. The lowest BCUT2D eigenvalue weighted by Crippen LogP contribution is -2.35. The largest absolute Gasteiger partial charge is 0.497 e. The van der Waals surface area contributed by atoms with Crippen LogP contribution in [0.3, 0.4) is 0 Å². The first-order valence-corrected chi connectivity index (χ1v) is 8.85. The van der Waals surface area contributed by atoms with E-state index in [0.717, 1.165) is 16.5 Å². The van der Waals surface area contributed by atoms with Gasteiger partial charge in [-0.2, -0.15) is 0 Å². The zero-order valence-corrected chi connectivity index (χ0v) is 15.6. The lowest BCUT2D eigenvalue weighted by Gasteiger charge is -2.20. The summed E-state index contributed by atoms with van der Waals surface area (Å²) in [5.41, 5.74) is 1.06. The highest BCUT2D eigenvalue weighted by atomic mass is 32.2. The zero-order valence-electron chi connectivity index (χ0n) is 14.8. The van der Waals surface area contributed by atoms with Crippen molar-refractivity contribution >= 4 is 28.9 Å². The Balaban J connectivity index is 2.17. The van der Waals surface area contributed by atoms with E-state index in [1.165, 1.54) is 11.8 Å². The molecule has 128 valence electrons. The van der Waals surface area contributed by atoms with Gasteiger partial charge in [-0.1, -0.05) is 24.3 Å². The number of nitrogens with zero attached hydrogens (tertiary/aromatic N) is 2. The van der Waals surface area contributed by atoms with Gasteiger partial charge >= 0.3 is 0 Å². The molecule has 0 saturated carbocycles. The molecule has 2 rings (SSSR count). The van der Waals surface area contributed by atoms with Gasteiger partial charge in [0.05, 0.1) is 12.0 Å². The average Bonchev–Trinajstić information content (AvgIpc) is 2.83. The summed E-state index contributed by atoms with van der Waals surface area (Å²) in [6.07, 6.45) is 5.73. The molecule has 4 nitrogen and oxygen atoms in total. The maximum atomic E-state index is 12.6. The molecule has 0 aromatic heterocycles. The summed E-state index contributed by atoms with van der Waals surface area (Å²) in [6.45, 7) is 8.04. The van der Waals surface area contributed by atoms with Crippen LogP contribution in [0.4, 0.5) is 0 Å². The fraction of sp³-hybridized carbons (Fsp3) is 0.368. The van der Waals surface area contributed by atoms with Gasteiger partial charge in [-0.3, -0.25) is 14.7 Å². The Bertz CT molecular complexity index is 673. The third-order valence-corrected chi connectivity index (χ3v) is 4.39. The number of amides is 1. The van der Waals surface area contributed by atoms with E-state index in [1.807, 2.05) is 70.2 Å². The number of rotatable bonds is 5. The number of thioether (sulfide) groups is 1. The SMILES string of the molecule is COc1ccc(/C=C/C=C2/SC(=NC(C)C)N(C(C)C)C2=O)cc1. The molecular weight excluding hydrogens is 320 g/mol. The van der Waals surface area contributed by atoms with Crippen molar-refractivity contribution in [1.29, 1.82) is 0 Å². The summed E-state index contributed by atoms with van der Waals surface area (Å²) in [7, 11) is 1.65. The van der Waals surface area contributed by atoms with E-state index in [4.69, 9.17) is 4.74 Å². The van der Waals surface area contributed by atoms with Gasteiger partial charge in [-0.05, 0) is 63.2 Å². The van der Waals surface area contributed by atoms with Crippen molar-refractivity contribution in [3.8, 4) is 5.75 Å². The average molecular weight is 344 g/mol. The summed E-state index contributed by atoms with van der Waals surface area (Å²) in [4.78, 5) is 19.6. The third kappa shape index (κ3) is 4.51. The molecule has 1 aromatic carbocycles. The Hall–Kier alpha value is -2.01. The normalized spacial score (nSPS) is 18.8. The smallest absolute Gasteiger partial charge is 0.266 e. The van der Waals surface area contributed by atoms with Crippen LogP contribution in [0.25, 0.3) is 6.08 Å². The monoisotopic (exact) mass is 344 g/mol. The van der Waals surface area contributed by atoms with Crippen LogP contribution in [-0.4, -0.2) is 35.2 Å². The van der Waals surface area contributed by atoms with Gasteiger partial charge < -0.3 is 4.74 Å². The molecular formula is C19H24N2O2S. The highest BCUT2D eigenvalue weighted by molar-refractivity contribution is 8.18. The summed E-state index contributed by atoms with van der Waals surface area (Å²) in [6, 6.07) is 8.04. The Morgan fingerprint density at radius 2 is 1.83 bits per heavy atom. The number of amidine groups is 1. The Morgan fingerprint density at radius 1 is 1.17 bits per heavy atom. The van der Waals surface area contributed by atoms with Gasteiger partial charge in [-0.25, -0.2) is 0 Å². The molecule has 1 fully saturated rings. The minimum absolute atomic E-state index is 0.0220. The molecule has 0 unspecified atom stereocenters. The van der Waals surface area contributed by atoms with E-state index in [-0.39, 0.29) is 18.0 Å². The van der Waals surface area contributed by atoms with Crippen LogP contribution in [0.1, 0.15) is 33.3 Å². The zero-order chi connectivity index (χ0) is 17.7. The molecule has 1 aliphatic heterocycles. The van der Waals surface area contributed by atoms with Crippen molar-refractivity contribution in [2.24, 2.45) is 4.99 Å². The molecule has 0 radical (unpaired) electrons. The molecule has 24 heavy (non-hydrogen) atoms. The highest BCUT2D eigenvalue weighted by Crippen LogP contribution is 2.32. The van der Waals surface area contributed by atoms with E-state index in [2.05, 4.69) is 4.99 Å². The first-order chi connectivity index (χ1) is 11.4. The summed E-state index contributed by atoms with van der Waals surface area (Å²) in [5.74, 6) is 0.850. The number of methoxy groups -OCH3 is 1. The van der Waals surface area contributed by atoms with Gasteiger partial charge in [0.15, 0.2) is 5.17 Å². The number of carbonyl (C=O) groups is 1. The van der Waals surface area contributed by atoms with Crippen LogP contribution in [0, 0.1) is 0 Å². The summed E-state index contributed by atoms with van der Waals surface area (Å²) >= 11 is 1.44. The molecule has 1 saturated heterocycles. The van der Waals surface area contributed by atoms with Crippen molar-refractivity contribution in [2.75, 3.05) is 7.11 Å². The maximum absolute atomic E-state index is 12.6. The van der Waals surface area contributed by atoms with E-state index >= 15 is 0 Å². The molecule has 5 heteroatoms. The molecule has 0 bridgehead atoms. The van der Waals surface area contributed by atoms with Crippen LogP contribution < -0.4 is 4.74 Å². The van der Waals surface area contributed by atoms with Crippen molar-refractivity contribution in [3.63, 3.8) is 0 Å². The number of hydrogen-bond donors (Lipinski definition) is 0. The van der Waals surface area contributed by atoms with E-state index in [1.54, 1.807) is 12.0 Å². The van der Waals surface area contributed by atoms with E-state index in [9.17, 15) is 4.79 Å². The molecule has 0 spiro atoms. The first-order valence-electron chi connectivity index (χ1n) is 8.04. The van der Waals surface area contributed by atoms with Gasteiger partial charge in [-0.15, -0.1) is 0 Å². The predicted molar refractivity (Wildman–Crippen MR) is 102 cm³/mol. The molecule has 0 aliphatic carbocycles. The summed E-state index contributed by atoms with van der Waals surface area (Å²) < 4.78 is 5.14. The van der Waals surface area contributed by atoms with Crippen molar-refractivity contribution in [1.82, 2.24) is 4.90 Å². The molecule has 1 aliphatic rings. The highest BCUT2D eigenvalue weighted by Gasteiger charge is 2.34. The minimum Gasteiger partial charge on any atom is -0.497 e. The van der Waals surface area contributed by atoms with E-state index < -0.39 is 0 Å². The topological polar surface area (TPSA) is 41.9 Å². The van der Waals surface area contributed by atoms with Gasteiger partial charge in [0.1, 0.15) is 5.75 Å². The van der Waals surface area contributed by atoms with Crippen LogP contribution in [0.15, 0.2) is 46.3 Å². The third-order valence-electron chi connectivity index (χ3n) is 3.37. The Labute approximate surface area is 148 Å². The van der Waals surface area contributed by atoms with Crippen molar-refractivity contribution in [2.45, 2.75) is 39.8 Å². The van der Waals surface area contributed by atoms with Crippen LogP contribution in [-0.2, 0) is 4.79 Å². The Morgan fingerprint density at radius 3 is 2.38 bits per heavy atom. The fourth-order valence-electron chi connectivity index (χ4n) is 2.23. The predicted octanol–water partition coefficient (Wildman–Crippen LogP) is 4.34. The van der Waals surface area contributed by atoms with E-state index in [0.29, 0.717) is 4.91 Å². The van der Waals surface area contributed by atoms with Gasteiger partial charge in [0, 0.05) is 12.1 Å². The van der Waals surface area contributed by atoms with Crippen molar-refractivity contribution in [3.05, 3.63) is 46.9 Å². The molecule has 1 heterocycles. The first kappa shape index (κ1) is 18.3. The van der Waals surface area contributed by atoms with Gasteiger partial charge in [0.25, 0.3) is 5.91 Å². The second-order valence-corrected chi connectivity index (χ2v) is 7.05. The number of hydrogen-bond acceptors (Lipinski definition) is 4. The molecule has 1 amide bonds. The number of benzene rings is 1. The molecule has 1 aromatic rings. The van der Waals surface area contributed by atoms with Gasteiger partial charge in [0.2, 0.25) is 0 Å². The second kappa shape index (κ2) is 8.20. The Kier molecular flexibility index (Phi) is 6.26. The molecule has 0 atom stereocenters. The lowest BCUT2D eigenvalue weighted by atomic mass is 10.2. The van der Waals surface area contributed by atoms with Crippen molar-refractivity contribution < 1.29 is 9.53 Å². The number of ether oxygens (including phenoxy) is 1. The van der Waals surface area contributed by atoms with Crippen LogP contribution in [0.2, 0.25) is 0 Å². The minimum atomic E-state index is 0.0220. The number of aliphatic imine (C=N–C) groups is 1. The summed E-state index contributed by atoms with van der Waals surface area (Å²) in [5, 5.41) is 0.786. The standard InChI is InChI=1S/C19H24N2O2S/c1-13(2)20-19-21(14(3)4)18(22)17(24-19)8-6-7-15-9-11-16(23-5)12-10-15/h6-14H,1-5H3/b7-6+,17-8+,20-19?. The fourth-order valence-corrected chi connectivity index (χ4v) is 3.41. The number of carbonyl (C=O) groups excluding carboxylic acids is 1. The van der Waals surface area contributed by atoms with Crippen LogP contribution >= 0.6 is 11.8 Å². The number of allylic oxidation sites excluding steroid dienone is 2. The molecule has 0 N–H and O–H groups in total.